The second-order valence-corrected chi connectivity index (χ2v) is 14.4. The molecule has 0 radical (unpaired) electrons. The van der Waals surface area contributed by atoms with E-state index in [2.05, 4.69) is 136 Å². The van der Waals surface area contributed by atoms with Crippen LogP contribution in [0.1, 0.15) is 22.3 Å². The molecule has 13 rings (SSSR count). The summed E-state index contributed by atoms with van der Waals surface area (Å²) >= 11 is 0. The number of benzene rings is 6. The smallest absolute Gasteiger partial charge is 0.183 e. The Hall–Kier alpha value is -7.31. The molecule has 2 aliphatic rings. The Bertz CT molecular complexity index is 3360. The van der Waals surface area contributed by atoms with E-state index in [0.717, 1.165) is 72.5 Å². The van der Waals surface area contributed by atoms with Crippen LogP contribution in [0.4, 0.5) is 0 Å². The summed E-state index contributed by atoms with van der Waals surface area (Å²) in [5.74, 6) is 0. The number of rotatable bonds is 2. The first-order valence-corrected chi connectivity index (χ1v) is 18.3. The van der Waals surface area contributed by atoms with Crippen molar-refractivity contribution in [3.8, 4) is 44.8 Å². The quantitative estimate of drug-likeness (QED) is 0.181. The van der Waals surface area contributed by atoms with Crippen LogP contribution in [0.25, 0.3) is 89.2 Å². The van der Waals surface area contributed by atoms with E-state index in [9.17, 15) is 0 Å². The monoisotopic (exact) mass is 689 g/mol. The molecule has 5 aromatic heterocycles. The zero-order valence-corrected chi connectivity index (χ0v) is 28.7. The van der Waals surface area contributed by atoms with E-state index in [-0.39, 0.29) is 0 Å². The normalized spacial score (nSPS) is 13.7. The second kappa shape index (κ2) is 9.97. The Morgan fingerprint density at radius 3 is 1.81 bits per heavy atom. The zero-order valence-electron chi connectivity index (χ0n) is 28.7. The average molecular weight is 690 g/mol. The largest absolute Gasteiger partial charge is 0.456 e. The van der Waals surface area contributed by atoms with Crippen LogP contribution in [-0.2, 0) is 5.41 Å². The maximum Gasteiger partial charge on any atom is 0.183 e. The van der Waals surface area contributed by atoms with Gasteiger partial charge in [-0.3, -0.25) is 8.80 Å². The lowest BCUT2D eigenvalue weighted by Gasteiger charge is -2.29. The van der Waals surface area contributed by atoms with Gasteiger partial charge in [0.2, 0.25) is 0 Å². The van der Waals surface area contributed by atoms with E-state index in [1.165, 1.54) is 38.9 Å². The lowest BCUT2D eigenvalue weighted by molar-refractivity contribution is 0.669. The third kappa shape index (κ3) is 3.30. The van der Waals surface area contributed by atoms with Crippen molar-refractivity contribution in [2.45, 2.75) is 5.41 Å². The molecule has 0 N–H and O–H groups in total. The first kappa shape index (κ1) is 28.3. The standard InChI is InChI=1S/C48H27N5O/c1-5-15-35-31(10-1)32-11-2-6-16-36(32)48(35)37-17-7-3-12-33(37)44-38(48)26-39-45-51-27-40(53(45)47-46(52(39)44)49-24-25-50-47)29-22-20-28(21-23-29)30-14-9-19-42-43(30)34-13-4-8-18-41(34)54-42/h1-27H. The molecule has 6 nitrogen and oxygen atoms in total. The van der Waals surface area contributed by atoms with Crippen LogP contribution < -0.4 is 0 Å². The summed E-state index contributed by atoms with van der Waals surface area (Å²) in [6.45, 7) is 0. The number of hydrogen-bond acceptors (Lipinski definition) is 4. The predicted molar refractivity (Wildman–Crippen MR) is 214 cm³/mol. The maximum atomic E-state index is 6.20. The highest BCUT2D eigenvalue weighted by molar-refractivity contribution is 6.12. The lowest BCUT2D eigenvalue weighted by atomic mass is 9.71. The topological polar surface area (TPSA) is 60.6 Å². The van der Waals surface area contributed by atoms with Gasteiger partial charge < -0.3 is 4.42 Å². The summed E-state index contributed by atoms with van der Waals surface area (Å²) in [5, 5.41) is 2.25. The van der Waals surface area contributed by atoms with E-state index in [1.54, 1.807) is 12.4 Å². The molecule has 250 valence electrons. The van der Waals surface area contributed by atoms with Crippen molar-refractivity contribution < 1.29 is 4.42 Å². The van der Waals surface area contributed by atoms with Gasteiger partial charge >= 0.3 is 0 Å². The lowest BCUT2D eigenvalue weighted by Crippen LogP contribution is -2.25. The predicted octanol–water partition coefficient (Wildman–Crippen LogP) is 11.1. The minimum Gasteiger partial charge on any atom is -0.456 e. The first-order chi connectivity index (χ1) is 26.8. The van der Waals surface area contributed by atoms with Gasteiger partial charge in [0.05, 0.1) is 28.5 Å². The molecule has 5 heterocycles. The van der Waals surface area contributed by atoms with Gasteiger partial charge in [-0.25, -0.2) is 15.0 Å². The fourth-order valence-electron chi connectivity index (χ4n) is 9.85. The van der Waals surface area contributed by atoms with Crippen LogP contribution in [0.2, 0.25) is 0 Å². The number of nitrogens with zero attached hydrogens (tertiary/aromatic N) is 5. The summed E-state index contributed by atoms with van der Waals surface area (Å²) in [7, 11) is 0. The summed E-state index contributed by atoms with van der Waals surface area (Å²) in [5.41, 5.74) is 19.1. The van der Waals surface area contributed by atoms with Gasteiger partial charge in [0, 0.05) is 34.3 Å². The Morgan fingerprint density at radius 2 is 1.06 bits per heavy atom. The summed E-state index contributed by atoms with van der Waals surface area (Å²) < 4.78 is 10.7. The van der Waals surface area contributed by atoms with E-state index >= 15 is 0 Å². The van der Waals surface area contributed by atoms with Crippen LogP contribution in [0, 0.1) is 0 Å². The number of furan rings is 1. The third-order valence-corrected chi connectivity index (χ3v) is 11.9. The molecule has 0 saturated carbocycles. The van der Waals surface area contributed by atoms with Crippen LogP contribution in [0.5, 0.6) is 0 Å². The summed E-state index contributed by atoms with van der Waals surface area (Å²) in [6, 6.07) is 52.3. The summed E-state index contributed by atoms with van der Waals surface area (Å²) in [6.07, 6.45) is 5.55. The Kier molecular flexibility index (Phi) is 5.22. The molecule has 6 heteroatoms. The minimum atomic E-state index is -0.467. The number of imidazole rings is 1. The molecule has 0 saturated heterocycles. The molecule has 2 aliphatic carbocycles. The molecule has 0 unspecified atom stereocenters. The van der Waals surface area contributed by atoms with Crippen LogP contribution in [0.3, 0.4) is 0 Å². The fraction of sp³-hybridized carbons (Fsp3) is 0.0208. The van der Waals surface area contributed by atoms with Crippen molar-refractivity contribution in [3.05, 3.63) is 186 Å². The van der Waals surface area contributed by atoms with Gasteiger partial charge in [0.1, 0.15) is 11.2 Å². The minimum absolute atomic E-state index is 0.467. The molecule has 54 heavy (non-hydrogen) atoms. The molecule has 0 bridgehead atoms. The van der Waals surface area contributed by atoms with Crippen LogP contribution in [0.15, 0.2) is 169 Å². The highest BCUT2D eigenvalue weighted by Crippen LogP contribution is 2.63. The number of fused-ring (bicyclic) bond motifs is 20. The van der Waals surface area contributed by atoms with Crippen molar-refractivity contribution in [1.29, 1.82) is 0 Å². The van der Waals surface area contributed by atoms with Crippen molar-refractivity contribution in [2.75, 3.05) is 0 Å². The first-order valence-electron chi connectivity index (χ1n) is 18.3. The van der Waals surface area contributed by atoms with Crippen molar-refractivity contribution in [3.63, 3.8) is 0 Å². The molecule has 0 aliphatic heterocycles. The van der Waals surface area contributed by atoms with Crippen molar-refractivity contribution in [2.24, 2.45) is 0 Å². The van der Waals surface area contributed by atoms with Crippen LogP contribution >= 0.6 is 0 Å². The van der Waals surface area contributed by atoms with E-state index in [0.29, 0.717) is 0 Å². The zero-order chi connectivity index (χ0) is 35.1. The van der Waals surface area contributed by atoms with E-state index in [4.69, 9.17) is 19.4 Å². The maximum absolute atomic E-state index is 6.20. The fourth-order valence-corrected chi connectivity index (χ4v) is 9.85. The van der Waals surface area contributed by atoms with Crippen molar-refractivity contribution in [1.82, 2.24) is 23.8 Å². The van der Waals surface area contributed by atoms with E-state index < -0.39 is 5.41 Å². The molecule has 0 fully saturated rings. The Balaban J connectivity index is 1.06. The van der Waals surface area contributed by atoms with Gasteiger partial charge in [-0.05, 0) is 62.7 Å². The average Bonchev–Trinajstić information content (AvgIpc) is 4.04. The molecular formula is C48H27N5O. The third-order valence-electron chi connectivity index (χ3n) is 11.9. The molecule has 11 aromatic rings. The molecule has 1 spiro atoms. The number of para-hydroxylation sites is 1. The van der Waals surface area contributed by atoms with Gasteiger partial charge in [-0.15, -0.1) is 0 Å². The molecular weight excluding hydrogens is 663 g/mol. The van der Waals surface area contributed by atoms with Gasteiger partial charge in [0.15, 0.2) is 16.9 Å². The molecule has 0 atom stereocenters. The number of hydrogen-bond donors (Lipinski definition) is 0. The Labute approximate surface area is 308 Å². The number of aromatic nitrogens is 5. The highest BCUT2D eigenvalue weighted by Gasteiger charge is 2.53. The van der Waals surface area contributed by atoms with Crippen molar-refractivity contribution >= 4 is 44.4 Å². The van der Waals surface area contributed by atoms with Gasteiger partial charge in [0.25, 0.3) is 0 Å². The van der Waals surface area contributed by atoms with E-state index in [1.807, 2.05) is 24.4 Å². The summed E-state index contributed by atoms with van der Waals surface area (Å²) in [4.78, 5) is 15.2. The SMILES string of the molecule is c1ccc2c(c1)-c1ccccc1C21c2ccccc2-c2c1cc1c3ncc(-c4ccc(-c5cccc6oc7ccccc7c56)cc4)n3c3nccnc3n21. The second-order valence-electron chi connectivity index (χ2n) is 14.4. The van der Waals surface area contributed by atoms with Gasteiger partial charge in [-0.1, -0.05) is 127 Å². The van der Waals surface area contributed by atoms with Gasteiger partial charge in [-0.2, -0.15) is 0 Å². The highest BCUT2D eigenvalue weighted by atomic mass is 16.3. The Morgan fingerprint density at radius 1 is 0.463 bits per heavy atom. The molecule has 6 aromatic carbocycles. The molecule has 0 amide bonds. The van der Waals surface area contributed by atoms with Crippen LogP contribution in [-0.4, -0.2) is 23.8 Å².